The van der Waals surface area contributed by atoms with Gasteiger partial charge in [0, 0.05) is 12.1 Å². The van der Waals surface area contributed by atoms with Gasteiger partial charge in [0.2, 0.25) is 0 Å². The molecule has 5 heteroatoms. The van der Waals surface area contributed by atoms with E-state index in [-0.39, 0.29) is 6.10 Å². The minimum absolute atomic E-state index is 0.187. The molecule has 19 heavy (non-hydrogen) atoms. The van der Waals surface area contributed by atoms with Gasteiger partial charge in [-0.15, -0.1) is 0 Å². The second kappa shape index (κ2) is 6.75. The molecule has 1 aromatic rings. The molecule has 0 bridgehead atoms. The molecule has 1 atom stereocenters. The van der Waals surface area contributed by atoms with Crippen LogP contribution in [-0.2, 0) is 11.4 Å². The molecule has 1 saturated heterocycles. The summed E-state index contributed by atoms with van der Waals surface area (Å²) >= 11 is 0. The van der Waals surface area contributed by atoms with Crippen LogP contribution in [0, 0.1) is 0 Å². The Labute approximate surface area is 114 Å². The van der Waals surface area contributed by atoms with Gasteiger partial charge >= 0.3 is 0 Å². The van der Waals surface area contributed by atoms with Crippen LogP contribution < -0.4 is 15.4 Å². The number of benzene rings is 1. The summed E-state index contributed by atoms with van der Waals surface area (Å²) in [6.45, 7) is 2.38. The second-order valence-corrected chi connectivity index (χ2v) is 4.90. The fourth-order valence-electron chi connectivity index (χ4n) is 2.44. The SMILES string of the molecule is COc1cccc(CON)c1OC1CCCN(C)C1. The number of hydrogen-bond donors (Lipinski definition) is 1. The monoisotopic (exact) mass is 266 g/mol. The zero-order valence-electron chi connectivity index (χ0n) is 11.6. The number of likely N-dealkylation sites (N-methyl/N-ethyl adjacent to an activating group) is 1. The van der Waals surface area contributed by atoms with Crippen molar-refractivity contribution in [2.75, 3.05) is 27.2 Å². The summed E-state index contributed by atoms with van der Waals surface area (Å²) < 4.78 is 11.5. The van der Waals surface area contributed by atoms with Gasteiger partial charge in [0.15, 0.2) is 11.5 Å². The average molecular weight is 266 g/mol. The summed E-state index contributed by atoms with van der Waals surface area (Å²) in [5.41, 5.74) is 0.912. The molecule has 1 aliphatic heterocycles. The van der Waals surface area contributed by atoms with Gasteiger partial charge in [0.25, 0.3) is 0 Å². The molecular formula is C14H22N2O3. The van der Waals surface area contributed by atoms with Crippen molar-refractivity contribution in [3.8, 4) is 11.5 Å². The van der Waals surface area contributed by atoms with E-state index in [1.807, 2.05) is 18.2 Å². The first-order valence-corrected chi connectivity index (χ1v) is 6.57. The molecule has 0 aromatic heterocycles. The molecule has 5 nitrogen and oxygen atoms in total. The molecule has 1 unspecified atom stereocenters. The van der Waals surface area contributed by atoms with Crippen LogP contribution in [0.15, 0.2) is 18.2 Å². The largest absolute Gasteiger partial charge is 0.493 e. The summed E-state index contributed by atoms with van der Waals surface area (Å²) in [4.78, 5) is 7.01. The summed E-state index contributed by atoms with van der Waals surface area (Å²) in [6.07, 6.45) is 2.40. The lowest BCUT2D eigenvalue weighted by atomic mass is 10.1. The van der Waals surface area contributed by atoms with Gasteiger partial charge in [-0.2, -0.15) is 0 Å². The number of likely N-dealkylation sites (tertiary alicyclic amines) is 1. The van der Waals surface area contributed by atoms with E-state index in [2.05, 4.69) is 11.9 Å². The van der Waals surface area contributed by atoms with Gasteiger partial charge in [0.1, 0.15) is 6.10 Å². The Morgan fingerprint density at radius 1 is 1.42 bits per heavy atom. The highest BCUT2D eigenvalue weighted by Crippen LogP contribution is 2.33. The number of rotatable bonds is 5. The molecule has 1 aromatic carbocycles. The van der Waals surface area contributed by atoms with E-state index in [1.54, 1.807) is 7.11 Å². The van der Waals surface area contributed by atoms with Gasteiger partial charge in [-0.3, -0.25) is 4.84 Å². The lowest BCUT2D eigenvalue weighted by molar-refractivity contribution is 0.0909. The smallest absolute Gasteiger partial charge is 0.167 e. The van der Waals surface area contributed by atoms with Crippen molar-refractivity contribution in [2.24, 2.45) is 5.90 Å². The van der Waals surface area contributed by atoms with Crippen molar-refractivity contribution in [1.29, 1.82) is 0 Å². The number of methoxy groups -OCH3 is 1. The third kappa shape index (κ3) is 3.59. The molecular weight excluding hydrogens is 244 g/mol. The lowest BCUT2D eigenvalue weighted by Gasteiger charge is -2.31. The van der Waals surface area contributed by atoms with E-state index < -0.39 is 0 Å². The molecule has 2 N–H and O–H groups in total. The fourth-order valence-corrected chi connectivity index (χ4v) is 2.44. The predicted molar refractivity (Wildman–Crippen MR) is 73.1 cm³/mol. The second-order valence-electron chi connectivity index (χ2n) is 4.90. The predicted octanol–water partition coefficient (Wildman–Crippen LogP) is 1.56. The van der Waals surface area contributed by atoms with Crippen LogP contribution in [0.4, 0.5) is 0 Å². The highest BCUT2D eigenvalue weighted by Gasteiger charge is 2.21. The minimum atomic E-state index is 0.187. The topological polar surface area (TPSA) is 57.0 Å². The Kier molecular flexibility index (Phi) is 5.01. The summed E-state index contributed by atoms with van der Waals surface area (Å²) in [6, 6.07) is 5.74. The summed E-state index contributed by atoms with van der Waals surface area (Å²) in [5.74, 6) is 6.64. The lowest BCUT2D eigenvalue weighted by Crippen LogP contribution is -2.38. The standard InChI is InChI=1S/C14H22N2O3/c1-16-8-4-6-12(9-16)19-14-11(10-18-15)5-3-7-13(14)17-2/h3,5,7,12H,4,6,8-10,15H2,1-2H3. The first-order valence-electron chi connectivity index (χ1n) is 6.57. The van der Waals surface area contributed by atoms with E-state index in [4.69, 9.17) is 20.2 Å². The zero-order valence-corrected chi connectivity index (χ0v) is 11.6. The van der Waals surface area contributed by atoms with Gasteiger partial charge < -0.3 is 14.4 Å². The van der Waals surface area contributed by atoms with Crippen LogP contribution in [-0.4, -0.2) is 38.3 Å². The van der Waals surface area contributed by atoms with Gasteiger partial charge in [0.05, 0.1) is 13.7 Å². The molecule has 0 amide bonds. The maximum Gasteiger partial charge on any atom is 0.167 e. The quantitative estimate of drug-likeness (QED) is 0.820. The van der Waals surface area contributed by atoms with Crippen LogP contribution >= 0.6 is 0 Å². The van der Waals surface area contributed by atoms with Crippen molar-refractivity contribution in [3.05, 3.63) is 23.8 Å². The van der Waals surface area contributed by atoms with E-state index in [1.165, 1.54) is 0 Å². The van der Waals surface area contributed by atoms with Gasteiger partial charge in [-0.05, 0) is 32.5 Å². The Bertz CT molecular complexity index is 412. The summed E-state index contributed by atoms with van der Waals surface area (Å²) in [5, 5.41) is 0. The molecule has 1 aliphatic rings. The molecule has 1 fully saturated rings. The number of nitrogens with zero attached hydrogens (tertiary/aromatic N) is 1. The van der Waals surface area contributed by atoms with Crippen molar-refractivity contribution in [3.63, 3.8) is 0 Å². The van der Waals surface area contributed by atoms with Crippen LogP contribution in [0.3, 0.4) is 0 Å². The van der Waals surface area contributed by atoms with Crippen molar-refractivity contribution >= 4 is 0 Å². The fraction of sp³-hybridized carbons (Fsp3) is 0.571. The number of nitrogens with two attached hydrogens (primary N) is 1. The van der Waals surface area contributed by atoms with Gasteiger partial charge in [-0.1, -0.05) is 12.1 Å². The first-order chi connectivity index (χ1) is 9.24. The van der Waals surface area contributed by atoms with Crippen LogP contribution in [0.5, 0.6) is 11.5 Å². The molecule has 106 valence electrons. The third-order valence-electron chi connectivity index (χ3n) is 3.38. The Morgan fingerprint density at radius 2 is 2.26 bits per heavy atom. The van der Waals surface area contributed by atoms with Crippen molar-refractivity contribution in [1.82, 2.24) is 4.90 Å². The number of ether oxygens (including phenoxy) is 2. The molecule has 0 aliphatic carbocycles. The van der Waals surface area contributed by atoms with Gasteiger partial charge in [-0.25, -0.2) is 5.90 Å². The summed E-state index contributed by atoms with van der Waals surface area (Å²) in [7, 11) is 3.75. The molecule has 0 spiro atoms. The zero-order chi connectivity index (χ0) is 13.7. The molecule has 0 saturated carbocycles. The van der Waals surface area contributed by atoms with E-state index in [0.29, 0.717) is 6.61 Å². The Hall–Kier alpha value is -1.30. The van der Waals surface area contributed by atoms with E-state index >= 15 is 0 Å². The maximum absolute atomic E-state index is 6.13. The van der Waals surface area contributed by atoms with E-state index in [9.17, 15) is 0 Å². The molecule has 1 heterocycles. The highest BCUT2D eigenvalue weighted by molar-refractivity contribution is 5.46. The number of piperidine rings is 1. The molecule has 0 radical (unpaired) electrons. The average Bonchev–Trinajstić information content (AvgIpc) is 2.41. The minimum Gasteiger partial charge on any atom is -0.493 e. The number of para-hydroxylation sites is 1. The van der Waals surface area contributed by atoms with Crippen LogP contribution in [0.2, 0.25) is 0 Å². The maximum atomic E-state index is 6.13. The molecule has 2 rings (SSSR count). The number of hydrogen-bond acceptors (Lipinski definition) is 5. The first kappa shape index (κ1) is 14.1. The van der Waals surface area contributed by atoms with E-state index in [0.717, 1.165) is 43.0 Å². The highest BCUT2D eigenvalue weighted by atomic mass is 16.6. The Balaban J connectivity index is 2.16. The third-order valence-corrected chi connectivity index (χ3v) is 3.38. The van der Waals surface area contributed by atoms with Crippen LogP contribution in [0.1, 0.15) is 18.4 Å². The van der Waals surface area contributed by atoms with Crippen molar-refractivity contribution in [2.45, 2.75) is 25.6 Å². The normalized spacial score (nSPS) is 20.3. The van der Waals surface area contributed by atoms with Crippen LogP contribution in [0.25, 0.3) is 0 Å². The van der Waals surface area contributed by atoms with Crippen molar-refractivity contribution < 1.29 is 14.3 Å². The Morgan fingerprint density at radius 3 is 2.95 bits per heavy atom.